The predicted molar refractivity (Wildman–Crippen MR) is 71.6 cm³/mol. The first-order valence-corrected chi connectivity index (χ1v) is 6.07. The zero-order valence-corrected chi connectivity index (χ0v) is 11.4. The summed E-state index contributed by atoms with van der Waals surface area (Å²) in [5.74, 6) is -1.99. The van der Waals surface area contributed by atoms with Gasteiger partial charge in [-0.15, -0.1) is 0 Å². The van der Waals surface area contributed by atoms with Crippen molar-refractivity contribution < 1.29 is 14.3 Å². The van der Waals surface area contributed by atoms with Crippen molar-refractivity contribution in [2.24, 2.45) is 0 Å². The SMILES string of the molecule is O=C(O)c1ncc(F)cc1-c1cc(Cl)cc(Cl)c1Cl. The molecule has 0 saturated carbocycles. The normalized spacial score (nSPS) is 10.5. The van der Waals surface area contributed by atoms with Crippen molar-refractivity contribution in [2.75, 3.05) is 0 Å². The number of carboxylic acids is 1. The van der Waals surface area contributed by atoms with Gasteiger partial charge in [0.2, 0.25) is 0 Å². The van der Waals surface area contributed by atoms with Crippen molar-refractivity contribution in [3.63, 3.8) is 0 Å². The second-order valence-electron chi connectivity index (χ2n) is 3.60. The van der Waals surface area contributed by atoms with Gasteiger partial charge in [-0.05, 0) is 18.2 Å². The Labute approximate surface area is 122 Å². The third-order valence-electron chi connectivity index (χ3n) is 2.34. The highest BCUT2D eigenvalue weighted by molar-refractivity contribution is 6.45. The Balaban J connectivity index is 2.78. The lowest BCUT2D eigenvalue weighted by molar-refractivity contribution is 0.0691. The van der Waals surface area contributed by atoms with E-state index in [0.29, 0.717) is 0 Å². The number of hydrogen-bond donors (Lipinski definition) is 1. The van der Waals surface area contributed by atoms with Crippen molar-refractivity contribution in [1.29, 1.82) is 0 Å². The average molecular weight is 321 g/mol. The molecular formula is C12H5Cl3FNO2. The third-order valence-corrected chi connectivity index (χ3v) is 3.36. The van der Waals surface area contributed by atoms with Crippen LogP contribution in [0.3, 0.4) is 0 Å². The van der Waals surface area contributed by atoms with Gasteiger partial charge in [-0.1, -0.05) is 34.8 Å². The van der Waals surface area contributed by atoms with E-state index in [1.807, 2.05) is 0 Å². The summed E-state index contributed by atoms with van der Waals surface area (Å²) in [5.41, 5.74) is -0.105. The van der Waals surface area contributed by atoms with Gasteiger partial charge in [0.25, 0.3) is 0 Å². The molecule has 1 aromatic carbocycles. The van der Waals surface area contributed by atoms with Crippen LogP contribution in [-0.4, -0.2) is 16.1 Å². The lowest BCUT2D eigenvalue weighted by Gasteiger charge is -2.09. The largest absolute Gasteiger partial charge is 0.476 e. The van der Waals surface area contributed by atoms with Gasteiger partial charge in [0.15, 0.2) is 5.69 Å². The zero-order chi connectivity index (χ0) is 14.2. The van der Waals surface area contributed by atoms with Crippen LogP contribution in [0.25, 0.3) is 11.1 Å². The Morgan fingerprint density at radius 3 is 2.47 bits per heavy atom. The number of hydrogen-bond acceptors (Lipinski definition) is 2. The Hall–Kier alpha value is -1.36. The van der Waals surface area contributed by atoms with Crippen LogP contribution >= 0.6 is 34.8 Å². The topological polar surface area (TPSA) is 50.2 Å². The molecule has 7 heteroatoms. The van der Waals surface area contributed by atoms with Crippen LogP contribution in [-0.2, 0) is 0 Å². The highest BCUT2D eigenvalue weighted by Crippen LogP contribution is 2.37. The minimum Gasteiger partial charge on any atom is -0.476 e. The molecule has 1 aromatic heterocycles. The van der Waals surface area contributed by atoms with E-state index in [2.05, 4.69) is 4.98 Å². The molecule has 0 fully saturated rings. The smallest absolute Gasteiger partial charge is 0.355 e. The van der Waals surface area contributed by atoms with E-state index in [9.17, 15) is 9.18 Å². The van der Waals surface area contributed by atoms with Crippen molar-refractivity contribution in [1.82, 2.24) is 4.98 Å². The van der Waals surface area contributed by atoms with Crippen molar-refractivity contribution >= 4 is 40.8 Å². The summed E-state index contributed by atoms with van der Waals surface area (Å²) in [6, 6.07) is 3.82. The number of nitrogens with zero attached hydrogens (tertiary/aromatic N) is 1. The van der Waals surface area contributed by atoms with E-state index >= 15 is 0 Å². The second kappa shape index (κ2) is 5.33. The summed E-state index contributed by atoms with van der Waals surface area (Å²) in [7, 11) is 0. The van der Waals surface area contributed by atoms with Crippen LogP contribution in [0.4, 0.5) is 4.39 Å². The van der Waals surface area contributed by atoms with E-state index in [0.717, 1.165) is 12.3 Å². The molecule has 1 heterocycles. The van der Waals surface area contributed by atoms with Crippen LogP contribution in [0.2, 0.25) is 15.1 Å². The number of benzene rings is 1. The average Bonchev–Trinajstić information content (AvgIpc) is 2.33. The fourth-order valence-corrected chi connectivity index (χ4v) is 2.27. The highest BCUT2D eigenvalue weighted by Gasteiger charge is 2.18. The van der Waals surface area contributed by atoms with Gasteiger partial charge in [0, 0.05) is 16.1 Å². The number of rotatable bonds is 2. The lowest BCUT2D eigenvalue weighted by Crippen LogP contribution is -2.04. The van der Waals surface area contributed by atoms with Gasteiger partial charge in [-0.2, -0.15) is 0 Å². The van der Waals surface area contributed by atoms with Crippen molar-refractivity contribution in [3.8, 4) is 11.1 Å². The van der Waals surface area contributed by atoms with Crippen LogP contribution in [0.5, 0.6) is 0 Å². The molecule has 0 spiro atoms. The summed E-state index contributed by atoms with van der Waals surface area (Å²) in [5, 5.41) is 9.54. The van der Waals surface area contributed by atoms with Crippen molar-refractivity contribution in [2.45, 2.75) is 0 Å². The lowest BCUT2D eigenvalue weighted by atomic mass is 10.0. The van der Waals surface area contributed by atoms with Gasteiger partial charge >= 0.3 is 5.97 Å². The molecule has 0 bridgehead atoms. The molecule has 98 valence electrons. The fourth-order valence-electron chi connectivity index (χ4n) is 1.57. The van der Waals surface area contributed by atoms with Gasteiger partial charge in [-0.3, -0.25) is 0 Å². The number of aromatic carboxylic acids is 1. The molecule has 0 aliphatic rings. The van der Waals surface area contributed by atoms with E-state index in [4.69, 9.17) is 39.9 Å². The summed E-state index contributed by atoms with van der Waals surface area (Å²) in [6.07, 6.45) is 0.813. The Kier molecular flexibility index (Phi) is 3.94. The van der Waals surface area contributed by atoms with Crippen LogP contribution in [0.15, 0.2) is 24.4 Å². The molecule has 3 nitrogen and oxygen atoms in total. The zero-order valence-electron chi connectivity index (χ0n) is 9.12. The fraction of sp³-hybridized carbons (Fsp3) is 0. The summed E-state index contributed by atoms with van der Waals surface area (Å²) in [6.45, 7) is 0. The van der Waals surface area contributed by atoms with Gasteiger partial charge in [0.05, 0.1) is 16.2 Å². The number of aromatic nitrogens is 1. The van der Waals surface area contributed by atoms with E-state index in [1.54, 1.807) is 0 Å². The number of carbonyl (C=O) groups is 1. The standard InChI is InChI=1S/C12H5Cl3FNO2/c13-5-1-7(10(15)9(14)2-5)8-3-6(16)4-17-11(8)12(18)19/h1-4H,(H,18,19). The molecule has 0 saturated heterocycles. The van der Waals surface area contributed by atoms with Crippen LogP contribution in [0.1, 0.15) is 10.5 Å². The molecule has 0 aliphatic carbocycles. The number of pyridine rings is 1. The van der Waals surface area contributed by atoms with Gasteiger partial charge < -0.3 is 5.11 Å². The molecule has 2 rings (SSSR count). The van der Waals surface area contributed by atoms with E-state index in [-0.39, 0.29) is 31.9 Å². The maximum absolute atomic E-state index is 13.3. The monoisotopic (exact) mass is 319 g/mol. The number of halogens is 4. The number of carboxylic acid groups (broad SMARTS) is 1. The summed E-state index contributed by atoms with van der Waals surface area (Å²) >= 11 is 17.7. The molecule has 0 unspecified atom stereocenters. The van der Waals surface area contributed by atoms with Crippen molar-refractivity contribution in [3.05, 3.63) is 51.0 Å². The predicted octanol–water partition coefficient (Wildman–Crippen LogP) is 4.55. The maximum Gasteiger partial charge on any atom is 0.355 e. The quantitative estimate of drug-likeness (QED) is 0.826. The minimum atomic E-state index is -1.30. The Bertz CT molecular complexity index is 676. The van der Waals surface area contributed by atoms with Crippen LogP contribution in [0, 0.1) is 5.82 Å². The molecule has 0 atom stereocenters. The summed E-state index contributed by atoms with van der Waals surface area (Å²) in [4.78, 5) is 14.6. The molecule has 1 N–H and O–H groups in total. The minimum absolute atomic E-state index is 0.0156. The van der Waals surface area contributed by atoms with E-state index in [1.165, 1.54) is 12.1 Å². The first-order valence-electron chi connectivity index (χ1n) is 4.94. The second-order valence-corrected chi connectivity index (χ2v) is 4.83. The van der Waals surface area contributed by atoms with Crippen LogP contribution < -0.4 is 0 Å². The molecule has 0 aliphatic heterocycles. The molecule has 19 heavy (non-hydrogen) atoms. The van der Waals surface area contributed by atoms with Gasteiger partial charge in [0.1, 0.15) is 5.82 Å². The Morgan fingerprint density at radius 2 is 1.84 bits per heavy atom. The molecule has 0 radical (unpaired) electrons. The van der Waals surface area contributed by atoms with E-state index < -0.39 is 11.8 Å². The first-order chi connectivity index (χ1) is 8.90. The summed E-state index contributed by atoms with van der Waals surface area (Å²) < 4.78 is 13.3. The molecule has 2 aromatic rings. The Morgan fingerprint density at radius 1 is 1.16 bits per heavy atom. The molecule has 0 amide bonds. The van der Waals surface area contributed by atoms with Gasteiger partial charge in [-0.25, -0.2) is 14.2 Å². The first kappa shape index (κ1) is 14.1. The third kappa shape index (κ3) is 2.81. The maximum atomic E-state index is 13.3. The highest BCUT2D eigenvalue weighted by atomic mass is 35.5. The molecular weight excluding hydrogens is 315 g/mol.